The summed E-state index contributed by atoms with van der Waals surface area (Å²) < 4.78 is 0. The first kappa shape index (κ1) is 8.37. The molecule has 11 heavy (non-hydrogen) atoms. The van der Waals surface area contributed by atoms with Crippen LogP contribution in [0.25, 0.3) is 6.08 Å². The first-order chi connectivity index (χ1) is 5.24. The van der Waals surface area contributed by atoms with Gasteiger partial charge in [-0.25, -0.2) is 4.98 Å². The number of hydrogen-bond acceptors (Lipinski definition) is 2. The van der Waals surface area contributed by atoms with Crippen molar-refractivity contribution in [2.24, 2.45) is 5.73 Å². The third kappa shape index (κ3) is 2.10. The highest BCUT2D eigenvalue weighted by molar-refractivity contribution is 6.34. The standard InChI is InChI=1S/C7H6Cl2N2/c8-6-3-7(9)11-4-5(6)1-2-10/h1-4H,10H2/b2-1-. The minimum atomic E-state index is 0.379. The Balaban J connectivity index is 3.09. The van der Waals surface area contributed by atoms with E-state index >= 15 is 0 Å². The van der Waals surface area contributed by atoms with Gasteiger partial charge in [-0.3, -0.25) is 0 Å². The highest BCUT2D eigenvalue weighted by Gasteiger charge is 1.97. The summed E-state index contributed by atoms with van der Waals surface area (Å²) in [6, 6.07) is 1.57. The Morgan fingerprint density at radius 2 is 2.18 bits per heavy atom. The van der Waals surface area contributed by atoms with Crippen molar-refractivity contribution in [3.8, 4) is 0 Å². The average Bonchev–Trinajstić information content (AvgIpc) is 1.95. The van der Waals surface area contributed by atoms with E-state index in [1.165, 1.54) is 6.20 Å². The fourth-order valence-corrected chi connectivity index (χ4v) is 1.07. The van der Waals surface area contributed by atoms with Crippen LogP contribution in [0.3, 0.4) is 0 Å². The first-order valence-electron chi connectivity index (χ1n) is 2.93. The van der Waals surface area contributed by atoms with E-state index in [1.54, 1.807) is 18.3 Å². The molecule has 0 fully saturated rings. The summed E-state index contributed by atoms with van der Waals surface area (Å²) >= 11 is 11.3. The van der Waals surface area contributed by atoms with Crippen LogP contribution >= 0.6 is 23.2 Å². The lowest BCUT2D eigenvalue weighted by Gasteiger charge is -1.95. The lowest BCUT2D eigenvalue weighted by Crippen LogP contribution is -1.82. The molecule has 0 aliphatic rings. The molecule has 0 atom stereocenters. The summed E-state index contributed by atoms with van der Waals surface area (Å²) in [4.78, 5) is 3.83. The van der Waals surface area contributed by atoms with Gasteiger partial charge in [-0.05, 0) is 18.3 Å². The smallest absolute Gasteiger partial charge is 0.130 e. The van der Waals surface area contributed by atoms with Gasteiger partial charge in [0, 0.05) is 11.8 Å². The van der Waals surface area contributed by atoms with Crippen LogP contribution in [-0.2, 0) is 0 Å². The Hall–Kier alpha value is -0.730. The van der Waals surface area contributed by atoms with Crippen molar-refractivity contribution in [3.63, 3.8) is 0 Å². The van der Waals surface area contributed by atoms with Crippen LogP contribution in [0.1, 0.15) is 5.56 Å². The summed E-state index contributed by atoms with van der Waals surface area (Å²) in [5.41, 5.74) is 5.93. The van der Waals surface area contributed by atoms with Gasteiger partial charge in [0.25, 0.3) is 0 Å². The van der Waals surface area contributed by atoms with E-state index in [9.17, 15) is 0 Å². The lowest BCUT2D eigenvalue weighted by atomic mass is 10.3. The van der Waals surface area contributed by atoms with Gasteiger partial charge in [-0.2, -0.15) is 0 Å². The maximum absolute atomic E-state index is 5.78. The Kier molecular flexibility index (Phi) is 2.74. The van der Waals surface area contributed by atoms with Crippen LogP contribution in [0.5, 0.6) is 0 Å². The maximum Gasteiger partial charge on any atom is 0.130 e. The zero-order valence-electron chi connectivity index (χ0n) is 5.59. The molecule has 2 nitrogen and oxygen atoms in total. The second-order valence-corrected chi connectivity index (χ2v) is 2.68. The number of pyridine rings is 1. The molecular formula is C7H6Cl2N2. The van der Waals surface area contributed by atoms with Gasteiger partial charge < -0.3 is 5.73 Å². The van der Waals surface area contributed by atoms with Crippen molar-refractivity contribution in [3.05, 3.63) is 34.2 Å². The van der Waals surface area contributed by atoms with E-state index in [4.69, 9.17) is 28.9 Å². The molecule has 0 radical (unpaired) electrons. The molecule has 0 aromatic carbocycles. The molecule has 1 heterocycles. The molecule has 0 amide bonds. The van der Waals surface area contributed by atoms with Crippen molar-refractivity contribution in [2.45, 2.75) is 0 Å². The summed E-state index contributed by atoms with van der Waals surface area (Å²) in [5.74, 6) is 0. The lowest BCUT2D eigenvalue weighted by molar-refractivity contribution is 1.31. The quantitative estimate of drug-likeness (QED) is 0.688. The number of hydrogen-bond donors (Lipinski definition) is 1. The van der Waals surface area contributed by atoms with Gasteiger partial charge in [-0.1, -0.05) is 23.2 Å². The summed E-state index contributed by atoms with van der Waals surface area (Å²) in [5, 5.41) is 0.927. The molecule has 0 unspecified atom stereocenters. The second kappa shape index (κ2) is 3.60. The monoisotopic (exact) mass is 188 g/mol. The molecule has 0 spiro atoms. The van der Waals surface area contributed by atoms with Crippen molar-refractivity contribution in [1.29, 1.82) is 0 Å². The summed E-state index contributed by atoms with van der Waals surface area (Å²) in [7, 11) is 0. The van der Waals surface area contributed by atoms with Crippen molar-refractivity contribution < 1.29 is 0 Å². The number of aromatic nitrogens is 1. The van der Waals surface area contributed by atoms with E-state index < -0.39 is 0 Å². The zero-order valence-corrected chi connectivity index (χ0v) is 7.10. The number of rotatable bonds is 1. The van der Waals surface area contributed by atoms with Crippen molar-refractivity contribution in [2.75, 3.05) is 0 Å². The van der Waals surface area contributed by atoms with E-state index in [1.807, 2.05) is 0 Å². The minimum Gasteiger partial charge on any atom is -0.405 e. The molecule has 4 heteroatoms. The van der Waals surface area contributed by atoms with E-state index in [2.05, 4.69) is 4.98 Å². The predicted octanol–water partition coefficient (Wildman–Crippen LogP) is 2.32. The highest BCUT2D eigenvalue weighted by Crippen LogP contribution is 2.19. The van der Waals surface area contributed by atoms with Crippen LogP contribution in [-0.4, -0.2) is 4.98 Å². The van der Waals surface area contributed by atoms with Gasteiger partial charge in [0.2, 0.25) is 0 Å². The molecule has 58 valence electrons. The number of nitrogens with zero attached hydrogens (tertiary/aromatic N) is 1. The molecule has 0 saturated carbocycles. The fraction of sp³-hybridized carbons (Fsp3) is 0. The van der Waals surface area contributed by atoms with E-state index in [-0.39, 0.29) is 0 Å². The largest absolute Gasteiger partial charge is 0.405 e. The summed E-state index contributed by atoms with van der Waals surface area (Å²) in [6.07, 6.45) is 4.62. The molecule has 0 aliphatic heterocycles. The second-order valence-electron chi connectivity index (χ2n) is 1.89. The Labute approximate surface area is 74.6 Å². The minimum absolute atomic E-state index is 0.379. The fourth-order valence-electron chi connectivity index (χ4n) is 0.644. The van der Waals surface area contributed by atoms with E-state index in [0.29, 0.717) is 10.2 Å². The molecule has 0 bridgehead atoms. The molecule has 0 saturated heterocycles. The number of nitrogens with two attached hydrogens (primary N) is 1. The van der Waals surface area contributed by atoms with Crippen molar-refractivity contribution in [1.82, 2.24) is 4.98 Å². The summed E-state index contributed by atoms with van der Waals surface area (Å²) in [6.45, 7) is 0. The molecule has 1 aromatic heterocycles. The number of halogens is 2. The van der Waals surface area contributed by atoms with Gasteiger partial charge in [-0.15, -0.1) is 0 Å². The predicted molar refractivity (Wildman–Crippen MR) is 47.5 cm³/mol. The normalized spacial score (nSPS) is 10.7. The highest BCUT2D eigenvalue weighted by atomic mass is 35.5. The Morgan fingerprint density at radius 1 is 1.45 bits per heavy atom. The van der Waals surface area contributed by atoms with Crippen LogP contribution in [0.2, 0.25) is 10.2 Å². The third-order valence-electron chi connectivity index (χ3n) is 1.12. The van der Waals surface area contributed by atoms with Gasteiger partial charge in [0.05, 0.1) is 5.02 Å². The molecular weight excluding hydrogens is 183 g/mol. The Morgan fingerprint density at radius 3 is 2.73 bits per heavy atom. The molecule has 2 N–H and O–H groups in total. The van der Waals surface area contributed by atoms with Crippen LogP contribution in [0.4, 0.5) is 0 Å². The van der Waals surface area contributed by atoms with E-state index in [0.717, 1.165) is 5.56 Å². The molecule has 1 aromatic rings. The molecule has 0 aliphatic carbocycles. The van der Waals surface area contributed by atoms with Gasteiger partial charge in [0.1, 0.15) is 5.15 Å². The van der Waals surface area contributed by atoms with Crippen molar-refractivity contribution >= 4 is 29.3 Å². The Bertz CT molecular complexity index is 284. The van der Waals surface area contributed by atoms with Gasteiger partial charge in [0.15, 0.2) is 0 Å². The van der Waals surface area contributed by atoms with Crippen LogP contribution < -0.4 is 5.73 Å². The van der Waals surface area contributed by atoms with Crippen LogP contribution in [0, 0.1) is 0 Å². The first-order valence-corrected chi connectivity index (χ1v) is 3.69. The average molecular weight is 189 g/mol. The zero-order chi connectivity index (χ0) is 8.27. The molecule has 1 rings (SSSR count). The van der Waals surface area contributed by atoms with Crippen LogP contribution in [0.15, 0.2) is 18.5 Å². The maximum atomic E-state index is 5.78. The SMILES string of the molecule is N/C=C\c1cnc(Cl)cc1Cl. The van der Waals surface area contributed by atoms with Gasteiger partial charge >= 0.3 is 0 Å². The topological polar surface area (TPSA) is 38.9 Å². The third-order valence-corrected chi connectivity index (χ3v) is 1.66.